The van der Waals surface area contributed by atoms with Crippen LogP contribution in [0.2, 0.25) is 5.02 Å². The van der Waals surface area contributed by atoms with Crippen LogP contribution in [0.1, 0.15) is 22.3 Å². The van der Waals surface area contributed by atoms with E-state index in [0.717, 1.165) is 18.5 Å². The van der Waals surface area contributed by atoms with Crippen molar-refractivity contribution in [3.8, 4) is 5.88 Å². The smallest absolute Gasteiger partial charge is 0.250 e. The van der Waals surface area contributed by atoms with Crippen LogP contribution in [0.4, 0.5) is 5.69 Å². The average Bonchev–Trinajstić information content (AvgIpc) is 2.97. The number of primary amides is 1. The number of aryl methyl sites for hydroxylation is 1. The van der Waals surface area contributed by atoms with E-state index in [2.05, 4.69) is 4.98 Å². The Kier molecular flexibility index (Phi) is 4.39. The summed E-state index contributed by atoms with van der Waals surface area (Å²) in [7, 11) is 0. The molecule has 6 heteroatoms. The lowest BCUT2D eigenvalue weighted by molar-refractivity contribution is 0.100. The first-order chi connectivity index (χ1) is 11.0. The second kappa shape index (κ2) is 6.46. The summed E-state index contributed by atoms with van der Waals surface area (Å²) in [6.07, 6.45) is 2.61. The van der Waals surface area contributed by atoms with E-state index in [-0.39, 0.29) is 6.10 Å². The van der Waals surface area contributed by atoms with Gasteiger partial charge in [0.25, 0.3) is 5.91 Å². The van der Waals surface area contributed by atoms with E-state index in [0.29, 0.717) is 28.7 Å². The van der Waals surface area contributed by atoms with Gasteiger partial charge in [-0.1, -0.05) is 23.7 Å². The fraction of sp³-hybridized carbons (Fsp3) is 0.294. The Morgan fingerprint density at radius 3 is 2.91 bits per heavy atom. The minimum absolute atomic E-state index is 0.00204. The Morgan fingerprint density at radius 2 is 2.22 bits per heavy atom. The normalized spacial score (nSPS) is 17.3. The highest BCUT2D eigenvalue weighted by Gasteiger charge is 2.28. The Labute approximate surface area is 140 Å². The van der Waals surface area contributed by atoms with Crippen LogP contribution in [0.3, 0.4) is 0 Å². The zero-order valence-electron chi connectivity index (χ0n) is 12.8. The summed E-state index contributed by atoms with van der Waals surface area (Å²) in [5.74, 6) is 0.129. The van der Waals surface area contributed by atoms with Crippen LogP contribution in [0, 0.1) is 6.92 Å². The lowest BCUT2D eigenvalue weighted by Crippen LogP contribution is -2.27. The van der Waals surface area contributed by atoms with E-state index in [4.69, 9.17) is 22.1 Å². The summed E-state index contributed by atoms with van der Waals surface area (Å²) >= 11 is 6.28. The predicted molar refractivity (Wildman–Crippen MR) is 90.2 cm³/mol. The van der Waals surface area contributed by atoms with E-state index < -0.39 is 5.91 Å². The number of benzene rings is 1. The Hall–Kier alpha value is -2.27. The van der Waals surface area contributed by atoms with Gasteiger partial charge in [-0.15, -0.1) is 0 Å². The van der Waals surface area contributed by atoms with Crippen molar-refractivity contribution < 1.29 is 9.53 Å². The van der Waals surface area contributed by atoms with Crippen LogP contribution in [-0.2, 0) is 0 Å². The maximum Gasteiger partial charge on any atom is 0.250 e. The van der Waals surface area contributed by atoms with Crippen molar-refractivity contribution in [2.75, 3.05) is 18.0 Å². The number of pyridine rings is 1. The maximum absolute atomic E-state index is 11.6. The van der Waals surface area contributed by atoms with Gasteiger partial charge in [0, 0.05) is 25.2 Å². The second-order valence-corrected chi connectivity index (χ2v) is 6.06. The Bertz CT molecular complexity index is 718. The number of anilines is 1. The molecule has 0 bridgehead atoms. The monoisotopic (exact) mass is 331 g/mol. The number of hydrogen-bond donors (Lipinski definition) is 1. The number of para-hydroxylation sites is 1. The van der Waals surface area contributed by atoms with Gasteiger partial charge in [0.1, 0.15) is 6.10 Å². The third-order valence-corrected chi connectivity index (χ3v) is 4.19. The second-order valence-electron chi connectivity index (χ2n) is 5.65. The van der Waals surface area contributed by atoms with Crippen LogP contribution in [0.25, 0.3) is 0 Å². The van der Waals surface area contributed by atoms with Gasteiger partial charge < -0.3 is 15.4 Å². The van der Waals surface area contributed by atoms with Crippen molar-refractivity contribution >= 4 is 23.2 Å². The molecule has 23 heavy (non-hydrogen) atoms. The van der Waals surface area contributed by atoms with Crippen molar-refractivity contribution in [2.45, 2.75) is 19.4 Å². The van der Waals surface area contributed by atoms with Crippen molar-refractivity contribution in [2.24, 2.45) is 5.73 Å². The van der Waals surface area contributed by atoms with E-state index in [1.165, 1.54) is 0 Å². The van der Waals surface area contributed by atoms with Crippen molar-refractivity contribution in [3.05, 3.63) is 52.7 Å². The summed E-state index contributed by atoms with van der Waals surface area (Å²) in [5, 5.41) is 0.524. The van der Waals surface area contributed by atoms with Crippen LogP contribution < -0.4 is 15.4 Å². The highest BCUT2D eigenvalue weighted by Crippen LogP contribution is 2.33. The largest absolute Gasteiger partial charge is 0.472 e. The zero-order chi connectivity index (χ0) is 16.4. The summed E-state index contributed by atoms with van der Waals surface area (Å²) in [6.45, 7) is 3.37. The Balaban J connectivity index is 1.75. The molecule has 1 aromatic carbocycles. The van der Waals surface area contributed by atoms with Crippen LogP contribution in [-0.4, -0.2) is 30.1 Å². The van der Waals surface area contributed by atoms with Gasteiger partial charge in [-0.3, -0.25) is 4.79 Å². The number of halogens is 1. The first kappa shape index (κ1) is 15.6. The number of carbonyl (C=O) groups is 1. The molecule has 2 heterocycles. The summed E-state index contributed by atoms with van der Waals surface area (Å²) in [6, 6.07) is 9.02. The molecule has 2 N–H and O–H groups in total. The molecule has 3 rings (SSSR count). The highest BCUT2D eigenvalue weighted by molar-refractivity contribution is 6.34. The third kappa shape index (κ3) is 3.40. The molecule has 1 amide bonds. The van der Waals surface area contributed by atoms with Crippen molar-refractivity contribution in [1.29, 1.82) is 0 Å². The summed E-state index contributed by atoms with van der Waals surface area (Å²) in [4.78, 5) is 17.9. The summed E-state index contributed by atoms with van der Waals surface area (Å²) in [5.41, 5.74) is 7.67. The lowest BCUT2D eigenvalue weighted by Gasteiger charge is -2.22. The molecule has 1 saturated heterocycles. The fourth-order valence-corrected chi connectivity index (χ4v) is 3.05. The molecular formula is C17H18ClN3O2. The third-order valence-electron chi connectivity index (χ3n) is 3.89. The highest BCUT2D eigenvalue weighted by atomic mass is 35.5. The van der Waals surface area contributed by atoms with Crippen LogP contribution >= 0.6 is 11.6 Å². The number of aromatic nitrogens is 1. The first-order valence-corrected chi connectivity index (χ1v) is 7.85. The SMILES string of the molecule is Cc1ccc(O[C@H]2CCN(c3c(Cl)cccc3C(N)=O)C2)nc1. The van der Waals surface area contributed by atoms with E-state index in [1.807, 2.05) is 24.0 Å². The van der Waals surface area contributed by atoms with Gasteiger partial charge in [0.05, 0.1) is 22.8 Å². The molecule has 1 aromatic heterocycles. The molecular weight excluding hydrogens is 314 g/mol. The predicted octanol–water partition coefficient (Wildman–Crippen LogP) is 2.80. The number of rotatable bonds is 4. The standard InChI is InChI=1S/C17H18ClN3O2/c1-11-5-6-15(20-9-11)23-12-7-8-21(10-12)16-13(17(19)22)3-2-4-14(16)18/h2-6,9,12H,7-8,10H2,1H3,(H2,19,22)/t12-/m0/s1. The molecule has 2 aromatic rings. The van der Waals surface area contributed by atoms with E-state index >= 15 is 0 Å². The van der Waals surface area contributed by atoms with Gasteiger partial charge in [-0.25, -0.2) is 4.98 Å². The minimum Gasteiger partial charge on any atom is -0.472 e. The van der Waals surface area contributed by atoms with Crippen molar-refractivity contribution in [3.63, 3.8) is 0 Å². The molecule has 120 valence electrons. The molecule has 5 nitrogen and oxygen atoms in total. The van der Waals surface area contributed by atoms with Gasteiger partial charge in [0.15, 0.2) is 0 Å². The minimum atomic E-state index is -0.480. The number of nitrogens with two attached hydrogens (primary N) is 1. The zero-order valence-corrected chi connectivity index (χ0v) is 13.6. The molecule has 1 fully saturated rings. The van der Waals surface area contributed by atoms with Crippen molar-refractivity contribution in [1.82, 2.24) is 4.98 Å². The van der Waals surface area contributed by atoms with Gasteiger partial charge in [-0.2, -0.15) is 0 Å². The van der Waals surface area contributed by atoms with Gasteiger partial charge in [-0.05, 0) is 24.6 Å². The molecule has 1 aliphatic heterocycles. The molecule has 1 atom stereocenters. The number of nitrogens with zero attached hydrogens (tertiary/aromatic N) is 2. The molecule has 0 spiro atoms. The number of carbonyl (C=O) groups excluding carboxylic acids is 1. The number of ether oxygens (including phenoxy) is 1. The first-order valence-electron chi connectivity index (χ1n) is 7.47. The lowest BCUT2D eigenvalue weighted by atomic mass is 10.1. The number of amides is 1. The number of hydrogen-bond acceptors (Lipinski definition) is 4. The topological polar surface area (TPSA) is 68.5 Å². The van der Waals surface area contributed by atoms with Crippen LogP contribution in [0.5, 0.6) is 5.88 Å². The molecule has 1 aliphatic rings. The quantitative estimate of drug-likeness (QED) is 0.935. The maximum atomic E-state index is 11.6. The molecule has 0 radical (unpaired) electrons. The van der Waals surface area contributed by atoms with Crippen LogP contribution in [0.15, 0.2) is 36.5 Å². The summed E-state index contributed by atoms with van der Waals surface area (Å²) < 4.78 is 5.91. The average molecular weight is 332 g/mol. The Morgan fingerprint density at radius 1 is 1.39 bits per heavy atom. The van der Waals surface area contributed by atoms with E-state index in [1.54, 1.807) is 24.4 Å². The fourth-order valence-electron chi connectivity index (χ4n) is 2.76. The molecule has 0 aliphatic carbocycles. The van der Waals surface area contributed by atoms with E-state index in [9.17, 15) is 4.79 Å². The van der Waals surface area contributed by atoms with Gasteiger partial charge >= 0.3 is 0 Å². The molecule has 0 unspecified atom stereocenters. The molecule has 0 saturated carbocycles. The van der Waals surface area contributed by atoms with Gasteiger partial charge in [0.2, 0.25) is 5.88 Å².